The Hall–Kier alpha value is 1.50. The summed E-state index contributed by atoms with van der Waals surface area (Å²) in [6.45, 7) is 12.5. The van der Waals surface area contributed by atoms with E-state index < -0.39 is 0 Å². The first-order valence-electron chi connectivity index (χ1n) is 11.3. The summed E-state index contributed by atoms with van der Waals surface area (Å²) < 4.78 is 0. The van der Waals surface area contributed by atoms with Crippen LogP contribution in [0.1, 0.15) is 131 Å². The third-order valence-corrected chi connectivity index (χ3v) is 4.07. The van der Waals surface area contributed by atoms with Gasteiger partial charge in [0.15, 0.2) is 0 Å². The third kappa shape index (κ3) is 74.4. The molecule has 0 spiro atoms. The summed E-state index contributed by atoms with van der Waals surface area (Å²) >= 11 is 9.71. The van der Waals surface area contributed by atoms with Gasteiger partial charge in [-0.3, -0.25) is 0 Å². The first-order chi connectivity index (χ1) is 12.7. The van der Waals surface area contributed by atoms with E-state index in [2.05, 4.69) is 13.8 Å². The molecule has 0 aliphatic heterocycles. The molecule has 0 fully saturated rings. The van der Waals surface area contributed by atoms with Crippen molar-refractivity contribution >= 4 is 49.2 Å². The Morgan fingerprint density at radius 3 is 0.815 bits per heavy atom. The van der Waals surface area contributed by atoms with Gasteiger partial charge in [0.2, 0.25) is 0 Å². The summed E-state index contributed by atoms with van der Waals surface area (Å²) in [5.41, 5.74) is 0. The van der Waals surface area contributed by atoms with Crippen molar-refractivity contribution < 1.29 is 0 Å². The minimum atomic E-state index is 0. The van der Waals surface area contributed by atoms with Gasteiger partial charge in [-0.25, -0.2) is 0 Å². The average molecular weight is 524 g/mol. The molecule has 27 heavy (non-hydrogen) atoms. The zero-order valence-corrected chi connectivity index (χ0v) is 24.3. The first-order valence-corrected chi connectivity index (χ1v) is 12.5. The van der Waals surface area contributed by atoms with E-state index in [0.717, 1.165) is 11.5 Å². The number of rotatable bonds is 14. The number of hydrogen-bond donors (Lipinski definition) is 0. The molecular formula is C24H52S2Sn. The van der Waals surface area contributed by atoms with Crippen molar-refractivity contribution in [3.63, 3.8) is 0 Å². The van der Waals surface area contributed by atoms with Crippen LogP contribution in [0.5, 0.6) is 0 Å². The van der Waals surface area contributed by atoms with Gasteiger partial charge in [0.05, 0.1) is 0 Å². The van der Waals surface area contributed by atoms with Crippen molar-refractivity contribution in [2.75, 3.05) is 11.5 Å². The van der Waals surface area contributed by atoms with Crippen molar-refractivity contribution in [1.29, 1.82) is 0 Å². The van der Waals surface area contributed by atoms with Gasteiger partial charge in [-0.05, 0) is 12.8 Å². The van der Waals surface area contributed by atoms with E-state index in [1.807, 2.05) is 40.5 Å². The molecule has 0 heterocycles. The van der Waals surface area contributed by atoms with E-state index in [0.29, 0.717) is 0 Å². The van der Waals surface area contributed by atoms with Crippen LogP contribution in [0.4, 0.5) is 0 Å². The van der Waals surface area contributed by atoms with Crippen LogP contribution in [0, 0.1) is 12.8 Å². The molecule has 0 N–H and O–H groups in total. The standard InChI is InChI=1S/2C9H20S.2C3H7.Sn/c2*1-2-3-4-5-6-7-8-9-10;2*1-3-2;/h2*10H,2-9H2,1H3;2*3H,1-2H3;/q;;;;+2/p-2. The molecular weight excluding hydrogens is 471 g/mol. The van der Waals surface area contributed by atoms with Crippen LogP contribution in [0.3, 0.4) is 0 Å². The van der Waals surface area contributed by atoms with Crippen LogP contribution in [0.25, 0.3) is 0 Å². The van der Waals surface area contributed by atoms with Gasteiger partial charge < -0.3 is 25.3 Å². The van der Waals surface area contributed by atoms with Crippen LogP contribution < -0.4 is 0 Å². The summed E-state index contributed by atoms with van der Waals surface area (Å²) in [4.78, 5) is 0. The van der Waals surface area contributed by atoms with Crippen molar-refractivity contribution in [2.45, 2.75) is 131 Å². The van der Waals surface area contributed by atoms with Crippen molar-refractivity contribution in [1.82, 2.24) is 0 Å². The molecule has 0 unspecified atom stereocenters. The minimum Gasteiger partial charge on any atom is -0.793 e. The van der Waals surface area contributed by atoms with Gasteiger partial charge in [-0.1, -0.05) is 131 Å². The Balaban J connectivity index is -0.0000000899. The maximum absolute atomic E-state index is 4.85. The Labute approximate surface area is 204 Å². The Morgan fingerprint density at radius 1 is 0.444 bits per heavy atom. The Kier molecular flexibility index (Phi) is 73.4. The average Bonchev–Trinajstić information content (AvgIpc) is 2.63. The molecule has 0 aromatic carbocycles. The molecule has 4 radical (unpaired) electrons. The van der Waals surface area contributed by atoms with Gasteiger partial charge in [0.1, 0.15) is 0 Å². The SMILES string of the molecule is CCCCCCCCC[S-].CCCCCCCCC[S-].C[CH]C.C[CH]C.[Sn+2]. The molecule has 0 bridgehead atoms. The molecule has 0 aliphatic carbocycles. The van der Waals surface area contributed by atoms with Gasteiger partial charge in [0, 0.05) is 0 Å². The molecule has 0 rings (SSSR count). The molecule has 0 atom stereocenters. The van der Waals surface area contributed by atoms with Crippen molar-refractivity contribution in [2.24, 2.45) is 0 Å². The second kappa shape index (κ2) is 50.8. The molecule has 0 aromatic heterocycles. The maximum atomic E-state index is 4.85. The summed E-state index contributed by atoms with van der Waals surface area (Å²) in [7, 11) is 0. The molecule has 0 aliphatic rings. The zero-order chi connectivity index (χ0) is 20.7. The minimum absolute atomic E-state index is 0. The number of unbranched alkanes of at least 4 members (excludes halogenated alkanes) is 12. The largest absolute Gasteiger partial charge is 2.00 e. The van der Waals surface area contributed by atoms with Gasteiger partial charge in [-0.2, -0.15) is 11.5 Å². The summed E-state index contributed by atoms with van der Waals surface area (Å²) in [5.74, 6) is 1.90. The molecule has 0 aromatic rings. The quantitative estimate of drug-likeness (QED) is 0.127. The molecule has 0 amide bonds. The van der Waals surface area contributed by atoms with Crippen LogP contribution in [0.15, 0.2) is 0 Å². The van der Waals surface area contributed by atoms with Crippen LogP contribution in [0.2, 0.25) is 0 Å². The summed E-state index contributed by atoms with van der Waals surface area (Å²) in [5, 5.41) is 0. The zero-order valence-electron chi connectivity index (χ0n) is 19.8. The smallest absolute Gasteiger partial charge is 0.793 e. The van der Waals surface area contributed by atoms with Gasteiger partial charge >= 0.3 is 23.9 Å². The van der Waals surface area contributed by atoms with E-state index in [9.17, 15) is 0 Å². The molecule has 164 valence electrons. The Bertz CT molecular complexity index is 132. The van der Waals surface area contributed by atoms with E-state index in [1.165, 1.54) is 89.9 Å². The van der Waals surface area contributed by atoms with Gasteiger partial charge in [0.25, 0.3) is 0 Å². The molecule has 0 saturated carbocycles. The number of hydrogen-bond acceptors (Lipinski definition) is 2. The fourth-order valence-corrected chi connectivity index (χ4v) is 2.53. The molecule has 0 saturated heterocycles. The third-order valence-electron chi connectivity index (χ3n) is 3.50. The van der Waals surface area contributed by atoms with Crippen molar-refractivity contribution in [3.8, 4) is 0 Å². The maximum Gasteiger partial charge on any atom is 2.00 e. The first kappa shape index (κ1) is 39.0. The summed E-state index contributed by atoms with van der Waals surface area (Å²) in [6.07, 6.45) is 23.2. The van der Waals surface area contributed by atoms with E-state index >= 15 is 0 Å². The summed E-state index contributed by atoms with van der Waals surface area (Å²) in [6, 6.07) is 0. The molecule has 0 nitrogen and oxygen atoms in total. The van der Waals surface area contributed by atoms with Crippen molar-refractivity contribution in [3.05, 3.63) is 12.8 Å². The fraction of sp³-hybridized carbons (Fsp3) is 0.917. The second-order valence-electron chi connectivity index (χ2n) is 6.81. The van der Waals surface area contributed by atoms with E-state index in [1.54, 1.807) is 0 Å². The van der Waals surface area contributed by atoms with E-state index in [4.69, 9.17) is 25.3 Å². The second-order valence-corrected chi connectivity index (χ2v) is 7.62. The predicted octanol–water partition coefficient (Wildman–Crippen LogP) is 8.65. The monoisotopic (exact) mass is 524 g/mol. The van der Waals surface area contributed by atoms with Crippen LogP contribution >= 0.6 is 0 Å². The Morgan fingerprint density at radius 2 is 0.630 bits per heavy atom. The predicted molar refractivity (Wildman–Crippen MR) is 138 cm³/mol. The van der Waals surface area contributed by atoms with Crippen LogP contribution in [-0.4, -0.2) is 35.4 Å². The fourth-order valence-electron chi connectivity index (χ4n) is 2.12. The normalized spacial score (nSPS) is 8.89. The van der Waals surface area contributed by atoms with Crippen LogP contribution in [-0.2, 0) is 25.3 Å². The molecule has 3 heteroatoms. The van der Waals surface area contributed by atoms with Gasteiger partial charge in [-0.15, -0.1) is 0 Å². The van der Waals surface area contributed by atoms with E-state index in [-0.39, 0.29) is 23.9 Å². The topological polar surface area (TPSA) is 0 Å².